The van der Waals surface area contributed by atoms with Gasteiger partial charge in [0.2, 0.25) is 0 Å². The first-order chi connectivity index (χ1) is 14.5. The molecular weight excluding hydrogens is 386 g/mol. The fourth-order valence-electron chi connectivity index (χ4n) is 2.82. The van der Waals surface area contributed by atoms with Gasteiger partial charge in [-0.15, -0.1) is 0 Å². The van der Waals surface area contributed by atoms with E-state index in [2.05, 4.69) is 17.1 Å². The summed E-state index contributed by atoms with van der Waals surface area (Å²) in [7, 11) is 1.48. The van der Waals surface area contributed by atoms with Crippen molar-refractivity contribution in [3.8, 4) is 11.5 Å². The molecule has 0 aliphatic carbocycles. The van der Waals surface area contributed by atoms with Crippen LogP contribution in [0, 0.1) is 10.1 Å². The number of nitrogens with zero attached hydrogens (tertiary/aromatic N) is 2. The molecule has 8 nitrogen and oxygen atoms in total. The topological polar surface area (TPSA) is 103 Å². The summed E-state index contributed by atoms with van der Waals surface area (Å²) in [5.41, 5.74) is 2.96. The van der Waals surface area contributed by atoms with Crippen molar-refractivity contribution in [2.45, 2.75) is 0 Å². The van der Waals surface area contributed by atoms with Gasteiger partial charge in [-0.2, -0.15) is 5.10 Å². The number of benzene rings is 3. The molecule has 0 aromatic heterocycles. The molecule has 3 aromatic carbocycles. The molecule has 0 saturated carbocycles. The van der Waals surface area contributed by atoms with Crippen molar-refractivity contribution in [2.75, 3.05) is 13.7 Å². The molecule has 0 spiro atoms. The van der Waals surface area contributed by atoms with Crippen molar-refractivity contribution in [1.29, 1.82) is 0 Å². The predicted molar refractivity (Wildman–Crippen MR) is 114 cm³/mol. The number of hydrogen-bond donors (Lipinski definition) is 1. The zero-order valence-corrected chi connectivity index (χ0v) is 16.2. The number of hydrogen-bond acceptors (Lipinski definition) is 6. The van der Waals surface area contributed by atoms with Crippen molar-refractivity contribution in [1.82, 2.24) is 5.43 Å². The molecular formula is C22H19N3O5. The normalized spacial score (nSPS) is 10.7. The van der Waals surface area contributed by atoms with Gasteiger partial charge in [0.05, 0.1) is 23.8 Å². The van der Waals surface area contributed by atoms with E-state index in [1.807, 2.05) is 24.3 Å². The van der Waals surface area contributed by atoms with Gasteiger partial charge in [0.25, 0.3) is 11.6 Å². The van der Waals surface area contributed by atoms with Crippen LogP contribution in [0.25, 0.3) is 10.8 Å². The molecule has 0 heterocycles. The molecule has 152 valence electrons. The number of nitrogens with one attached hydrogen (secondary N) is 1. The molecule has 0 aliphatic heterocycles. The maximum Gasteiger partial charge on any atom is 0.275 e. The molecule has 30 heavy (non-hydrogen) atoms. The summed E-state index contributed by atoms with van der Waals surface area (Å²) in [4.78, 5) is 23.2. The summed E-state index contributed by atoms with van der Waals surface area (Å²) < 4.78 is 10.8. The Morgan fingerprint density at radius 1 is 1.17 bits per heavy atom. The molecule has 0 radical (unpaired) electrons. The number of rotatable bonds is 8. The van der Waals surface area contributed by atoms with E-state index in [4.69, 9.17) is 9.47 Å². The Hall–Kier alpha value is -4.20. The number of nitro benzene ring substituents is 1. The molecule has 1 N–H and O–H groups in total. The van der Waals surface area contributed by atoms with Crippen LogP contribution in [0.1, 0.15) is 15.9 Å². The van der Waals surface area contributed by atoms with Crippen LogP contribution < -0.4 is 14.9 Å². The summed E-state index contributed by atoms with van der Waals surface area (Å²) in [5.74, 6) is 0.307. The van der Waals surface area contributed by atoms with E-state index >= 15 is 0 Å². The smallest absolute Gasteiger partial charge is 0.275 e. The quantitative estimate of drug-likeness (QED) is 0.263. The van der Waals surface area contributed by atoms with Crippen LogP contribution in [-0.2, 0) is 0 Å². The number of ether oxygens (including phenoxy) is 2. The molecule has 0 bridgehead atoms. The van der Waals surface area contributed by atoms with E-state index < -0.39 is 10.8 Å². The second-order valence-electron chi connectivity index (χ2n) is 6.18. The maximum atomic E-state index is 12.6. The Bertz CT molecular complexity index is 1140. The zero-order valence-electron chi connectivity index (χ0n) is 16.2. The van der Waals surface area contributed by atoms with Crippen LogP contribution in [-0.4, -0.2) is 30.8 Å². The molecule has 3 rings (SSSR count). The summed E-state index contributed by atoms with van der Waals surface area (Å²) in [6.07, 6.45) is 2.84. The second-order valence-corrected chi connectivity index (χ2v) is 6.18. The minimum absolute atomic E-state index is 0.120. The monoisotopic (exact) mass is 405 g/mol. The number of carbonyl (C=O) groups excluding carboxylic acids is 1. The third kappa shape index (κ3) is 4.61. The number of amides is 1. The third-order valence-electron chi connectivity index (χ3n) is 4.24. The molecule has 0 fully saturated rings. The van der Waals surface area contributed by atoms with E-state index in [0.717, 1.165) is 10.8 Å². The fraction of sp³-hybridized carbons (Fsp3) is 0.0909. The van der Waals surface area contributed by atoms with Gasteiger partial charge >= 0.3 is 0 Å². The van der Waals surface area contributed by atoms with Gasteiger partial charge in [-0.05, 0) is 29.0 Å². The number of non-ortho nitro benzene ring substituents is 1. The van der Waals surface area contributed by atoms with Gasteiger partial charge < -0.3 is 9.47 Å². The Balaban J connectivity index is 1.85. The lowest BCUT2D eigenvalue weighted by molar-refractivity contribution is -0.384. The first-order valence-corrected chi connectivity index (χ1v) is 8.96. The van der Waals surface area contributed by atoms with Crippen molar-refractivity contribution in [3.05, 3.63) is 88.5 Å². The third-order valence-corrected chi connectivity index (χ3v) is 4.24. The van der Waals surface area contributed by atoms with Crippen LogP contribution in [0.15, 0.2) is 72.4 Å². The van der Waals surface area contributed by atoms with Gasteiger partial charge in [-0.3, -0.25) is 14.9 Å². The van der Waals surface area contributed by atoms with Crippen LogP contribution in [0.4, 0.5) is 5.69 Å². The summed E-state index contributed by atoms with van der Waals surface area (Å²) >= 11 is 0. The number of nitro groups is 1. The molecule has 0 unspecified atom stereocenters. The standard InChI is InChI=1S/C22H19N3O5/c1-3-10-30-20-9-8-18(25(27)28)11-17(20)14-23-24-22(26)19-12-15-6-4-5-7-16(15)13-21(19)29-2/h3-9,11-14H,1,10H2,2H3,(H,24,26)/b23-14+. The van der Waals surface area contributed by atoms with Crippen molar-refractivity contribution in [2.24, 2.45) is 5.10 Å². The van der Waals surface area contributed by atoms with Crippen LogP contribution in [0.3, 0.4) is 0 Å². The molecule has 0 aliphatic rings. The van der Waals surface area contributed by atoms with E-state index in [0.29, 0.717) is 22.6 Å². The van der Waals surface area contributed by atoms with Gasteiger partial charge in [0, 0.05) is 17.7 Å². The molecule has 0 atom stereocenters. The Labute approximate surface area is 172 Å². The number of hydrazone groups is 1. The number of fused-ring (bicyclic) bond motifs is 1. The van der Waals surface area contributed by atoms with Gasteiger partial charge in [-0.1, -0.05) is 36.9 Å². The van der Waals surface area contributed by atoms with Gasteiger partial charge in [0.15, 0.2) is 0 Å². The predicted octanol–water partition coefficient (Wildman–Crippen LogP) is 4.09. The molecule has 1 amide bonds. The van der Waals surface area contributed by atoms with Crippen molar-refractivity contribution in [3.63, 3.8) is 0 Å². The van der Waals surface area contributed by atoms with Gasteiger partial charge in [0.1, 0.15) is 18.1 Å². The second kappa shape index (κ2) is 9.33. The maximum absolute atomic E-state index is 12.6. The summed E-state index contributed by atoms with van der Waals surface area (Å²) in [6.45, 7) is 3.79. The van der Waals surface area contributed by atoms with Crippen LogP contribution in [0.2, 0.25) is 0 Å². The molecule has 8 heteroatoms. The van der Waals surface area contributed by atoms with Crippen molar-refractivity contribution < 1.29 is 19.2 Å². The lowest BCUT2D eigenvalue weighted by atomic mass is 10.1. The Morgan fingerprint density at radius 2 is 1.90 bits per heavy atom. The minimum atomic E-state index is -0.521. The van der Waals surface area contributed by atoms with E-state index in [9.17, 15) is 14.9 Å². The molecule has 0 saturated heterocycles. The van der Waals surface area contributed by atoms with E-state index in [-0.39, 0.29) is 12.3 Å². The first-order valence-electron chi connectivity index (χ1n) is 8.96. The average molecular weight is 405 g/mol. The van der Waals surface area contributed by atoms with E-state index in [1.165, 1.54) is 31.5 Å². The Morgan fingerprint density at radius 3 is 2.57 bits per heavy atom. The fourth-order valence-corrected chi connectivity index (χ4v) is 2.82. The average Bonchev–Trinajstić information content (AvgIpc) is 2.76. The lowest BCUT2D eigenvalue weighted by Gasteiger charge is -2.09. The highest BCUT2D eigenvalue weighted by Gasteiger charge is 2.14. The van der Waals surface area contributed by atoms with Gasteiger partial charge in [-0.25, -0.2) is 5.43 Å². The largest absolute Gasteiger partial charge is 0.496 e. The van der Waals surface area contributed by atoms with Crippen LogP contribution >= 0.6 is 0 Å². The number of carbonyl (C=O) groups is 1. The minimum Gasteiger partial charge on any atom is -0.496 e. The summed E-state index contributed by atoms with van der Waals surface area (Å²) in [5, 5.41) is 16.8. The number of methoxy groups -OCH3 is 1. The van der Waals surface area contributed by atoms with Crippen LogP contribution in [0.5, 0.6) is 11.5 Å². The zero-order chi connectivity index (χ0) is 21.5. The van der Waals surface area contributed by atoms with E-state index in [1.54, 1.807) is 18.2 Å². The molecule has 3 aromatic rings. The Kier molecular flexibility index (Phi) is 6.39. The highest BCUT2D eigenvalue weighted by molar-refractivity contribution is 6.02. The highest BCUT2D eigenvalue weighted by Crippen LogP contribution is 2.26. The SMILES string of the molecule is C=CCOc1ccc([N+](=O)[O-])cc1/C=N/NC(=O)c1cc2ccccc2cc1OC. The lowest BCUT2D eigenvalue weighted by Crippen LogP contribution is -2.18. The summed E-state index contributed by atoms with van der Waals surface area (Å²) in [6, 6.07) is 15.2. The van der Waals surface area contributed by atoms with Crippen molar-refractivity contribution >= 4 is 28.6 Å². The first kappa shape index (κ1) is 20.5. The highest BCUT2D eigenvalue weighted by atomic mass is 16.6.